The van der Waals surface area contributed by atoms with Crippen molar-refractivity contribution in [3.8, 4) is 0 Å². The SMILES string of the molecule is Cc1ccc(CNC(=O)CN2C(=O)N[C@@](C)(c3cccc4ccccc34)C2=O)cc1. The molecule has 30 heavy (non-hydrogen) atoms. The average molecular weight is 401 g/mol. The van der Waals surface area contributed by atoms with E-state index in [1.54, 1.807) is 6.92 Å². The van der Waals surface area contributed by atoms with Crippen LogP contribution in [0.5, 0.6) is 0 Å². The van der Waals surface area contributed by atoms with Crippen LogP contribution >= 0.6 is 0 Å². The van der Waals surface area contributed by atoms with Gasteiger partial charge in [-0.3, -0.25) is 14.5 Å². The van der Waals surface area contributed by atoms with E-state index in [9.17, 15) is 14.4 Å². The highest BCUT2D eigenvalue weighted by atomic mass is 16.2. The molecule has 0 spiro atoms. The lowest BCUT2D eigenvalue weighted by Gasteiger charge is -2.24. The third kappa shape index (κ3) is 3.52. The summed E-state index contributed by atoms with van der Waals surface area (Å²) in [5.41, 5.74) is 1.57. The second-order valence-electron chi connectivity index (χ2n) is 7.74. The van der Waals surface area contributed by atoms with Crippen molar-refractivity contribution in [1.29, 1.82) is 0 Å². The first-order valence-corrected chi connectivity index (χ1v) is 9.83. The van der Waals surface area contributed by atoms with Crippen molar-refractivity contribution < 1.29 is 14.4 Å². The van der Waals surface area contributed by atoms with Gasteiger partial charge in [-0.15, -0.1) is 0 Å². The van der Waals surface area contributed by atoms with Gasteiger partial charge in [0.2, 0.25) is 5.91 Å². The number of hydrogen-bond acceptors (Lipinski definition) is 3. The van der Waals surface area contributed by atoms with Gasteiger partial charge < -0.3 is 10.6 Å². The molecule has 1 saturated heterocycles. The number of nitrogens with zero attached hydrogens (tertiary/aromatic N) is 1. The number of carbonyl (C=O) groups is 3. The average Bonchev–Trinajstić information content (AvgIpc) is 2.96. The maximum absolute atomic E-state index is 13.2. The molecule has 4 amide bonds. The Morgan fingerprint density at radius 2 is 1.70 bits per heavy atom. The Labute approximate surface area is 174 Å². The molecule has 152 valence electrons. The Kier molecular flexibility index (Phi) is 4.99. The Balaban J connectivity index is 1.50. The molecular weight excluding hydrogens is 378 g/mol. The second-order valence-corrected chi connectivity index (χ2v) is 7.74. The highest BCUT2D eigenvalue weighted by molar-refractivity contribution is 6.10. The molecule has 3 aromatic carbocycles. The lowest BCUT2D eigenvalue weighted by Crippen LogP contribution is -2.43. The zero-order valence-corrected chi connectivity index (χ0v) is 16.9. The molecule has 0 unspecified atom stereocenters. The quantitative estimate of drug-likeness (QED) is 0.645. The standard InChI is InChI=1S/C24H23N3O3/c1-16-10-12-17(13-11-16)14-25-21(28)15-27-22(29)24(2,26-23(27)30)20-9-5-7-18-6-3-4-8-19(18)20/h3-13H,14-15H2,1-2H3,(H,25,28)(H,26,30)/t24-/m0/s1. The molecule has 2 N–H and O–H groups in total. The fraction of sp³-hybridized carbons (Fsp3) is 0.208. The first-order chi connectivity index (χ1) is 14.4. The topological polar surface area (TPSA) is 78.5 Å². The molecule has 1 fully saturated rings. The Morgan fingerprint density at radius 1 is 1.00 bits per heavy atom. The van der Waals surface area contributed by atoms with Crippen molar-refractivity contribution >= 4 is 28.6 Å². The molecule has 0 radical (unpaired) electrons. The van der Waals surface area contributed by atoms with Gasteiger partial charge in [-0.05, 0) is 35.7 Å². The number of aryl methyl sites for hydroxylation is 1. The maximum Gasteiger partial charge on any atom is 0.325 e. The van der Waals surface area contributed by atoms with Crippen LogP contribution in [0.25, 0.3) is 10.8 Å². The first kappa shape index (κ1) is 19.6. The second kappa shape index (κ2) is 7.63. The van der Waals surface area contributed by atoms with E-state index in [2.05, 4.69) is 10.6 Å². The fourth-order valence-corrected chi connectivity index (χ4v) is 3.79. The summed E-state index contributed by atoms with van der Waals surface area (Å²) in [4.78, 5) is 39.1. The smallest absolute Gasteiger partial charge is 0.325 e. The molecule has 0 aliphatic carbocycles. The third-order valence-electron chi connectivity index (χ3n) is 5.52. The van der Waals surface area contributed by atoms with E-state index >= 15 is 0 Å². The minimum atomic E-state index is -1.23. The zero-order valence-electron chi connectivity index (χ0n) is 16.9. The van der Waals surface area contributed by atoms with E-state index in [1.807, 2.05) is 73.7 Å². The van der Waals surface area contributed by atoms with Crippen LogP contribution in [-0.4, -0.2) is 29.3 Å². The minimum absolute atomic E-state index is 0.323. The number of urea groups is 1. The summed E-state index contributed by atoms with van der Waals surface area (Å²) < 4.78 is 0. The molecule has 1 aliphatic heterocycles. The van der Waals surface area contributed by atoms with Crippen molar-refractivity contribution in [3.05, 3.63) is 83.4 Å². The molecule has 0 saturated carbocycles. The van der Waals surface area contributed by atoms with Gasteiger partial charge in [0.1, 0.15) is 12.1 Å². The van der Waals surface area contributed by atoms with Crippen LogP contribution in [0.4, 0.5) is 4.79 Å². The highest BCUT2D eigenvalue weighted by Crippen LogP contribution is 2.33. The van der Waals surface area contributed by atoms with Crippen LogP contribution < -0.4 is 10.6 Å². The summed E-state index contributed by atoms with van der Waals surface area (Å²) in [5, 5.41) is 7.42. The van der Waals surface area contributed by atoms with Gasteiger partial charge in [0.15, 0.2) is 0 Å². The van der Waals surface area contributed by atoms with Gasteiger partial charge >= 0.3 is 6.03 Å². The molecule has 3 aromatic rings. The summed E-state index contributed by atoms with van der Waals surface area (Å²) in [6, 6.07) is 20.6. The van der Waals surface area contributed by atoms with Crippen molar-refractivity contribution in [2.75, 3.05) is 6.54 Å². The predicted octanol–water partition coefficient (Wildman–Crippen LogP) is 3.23. The molecule has 6 heteroatoms. The van der Waals surface area contributed by atoms with Gasteiger partial charge in [-0.25, -0.2) is 4.79 Å². The van der Waals surface area contributed by atoms with Crippen LogP contribution in [0, 0.1) is 6.92 Å². The summed E-state index contributed by atoms with van der Waals surface area (Å²) in [7, 11) is 0. The van der Waals surface area contributed by atoms with Gasteiger partial charge in [-0.1, -0.05) is 72.3 Å². The molecule has 1 heterocycles. The van der Waals surface area contributed by atoms with Crippen LogP contribution in [0.1, 0.15) is 23.6 Å². The minimum Gasteiger partial charge on any atom is -0.350 e. The third-order valence-corrected chi connectivity index (χ3v) is 5.52. The van der Waals surface area contributed by atoms with Crippen LogP contribution in [0.15, 0.2) is 66.7 Å². The van der Waals surface area contributed by atoms with E-state index in [0.29, 0.717) is 12.1 Å². The number of benzene rings is 3. The van der Waals surface area contributed by atoms with E-state index in [-0.39, 0.29) is 12.5 Å². The number of amides is 4. The summed E-state index contributed by atoms with van der Waals surface area (Å²) in [6.07, 6.45) is 0. The molecule has 4 rings (SSSR count). The maximum atomic E-state index is 13.2. The zero-order chi connectivity index (χ0) is 21.3. The van der Waals surface area contributed by atoms with Crippen LogP contribution in [0.2, 0.25) is 0 Å². The number of rotatable bonds is 5. The van der Waals surface area contributed by atoms with E-state index < -0.39 is 17.5 Å². The van der Waals surface area contributed by atoms with Gasteiger partial charge in [0.05, 0.1) is 0 Å². The predicted molar refractivity (Wildman–Crippen MR) is 115 cm³/mol. The monoisotopic (exact) mass is 401 g/mol. The summed E-state index contributed by atoms with van der Waals surface area (Å²) >= 11 is 0. The summed E-state index contributed by atoms with van der Waals surface area (Å²) in [5.74, 6) is -0.824. The Morgan fingerprint density at radius 3 is 2.47 bits per heavy atom. The van der Waals surface area contributed by atoms with Crippen molar-refractivity contribution in [3.63, 3.8) is 0 Å². The molecule has 0 aromatic heterocycles. The van der Waals surface area contributed by atoms with Crippen molar-refractivity contribution in [2.45, 2.75) is 25.9 Å². The van der Waals surface area contributed by atoms with E-state index in [4.69, 9.17) is 0 Å². The Bertz CT molecular complexity index is 1130. The van der Waals surface area contributed by atoms with Gasteiger partial charge in [0.25, 0.3) is 5.91 Å². The van der Waals surface area contributed by atoms with Crippen LogP contribution in [-0.2, 0) is 21.7 Å². The molecule has 1 aliphatic rings. The molecule has 0 bridgehead atoms. The van der Waals surface area contributed by atoms with E-state index in [1.165, 1.54) is 0 Å². The summed E-state index contributed by atoms with van der Waals surface area (Å²) in [6.45, 7) is 3.69. The number of nitrogens with one attached hydrogen (secondary N) is 2. The Hall–Kier alpha value is -3.67. The number of hydrogen-bond donors (Lipinski definition) is 2. The lowest BCUT2D eigenvalue weighted by molar-refractivity contribution is -0.134. The molecule has 6 nitrogen and oxygen atoms in total. The highest BCUT2D eigenvalue weighted by Gasteiger charge is 2.50. The van der Waals surface area contributed by atoms with Crippen molar-refractivity contribution in [1.82, 2.24) is 15.5 Å². The first-order valence-electron chi connectivity index (χ1n) is 9.83. The van der Waals surface area contributed by atoms with Crippen LogP contribution in [0.3, 0.4) is 0 Å². The van der Waals surface area contributed by atoms with Gasteiger partial charge in [0, 0.05) is 6.54 Å². The number of carbonyl (C=O) groups excluding carboxylic acids is 3. The van der Waals surface area contributed by atoms with Crippen molar-refractivity contribution in [2.24, 2.45) is 0 Å². The van der Waals surface area contributed by atoms with Gasteiger partial charge in [-0.2, -0.15) is 0 Å². The normalized spacial score (nSPS) is 18.5. The molecule has 1 atom stereocenters. The lowest BCUT2D eigenvalue weighted by atomic mass is 9.88. The van der Waals surface area contributed by atoms with E-state index in [0.717, 1.165) is 26.8 Å². The largest absolute Gasteiger partial charge is 0.350 e. The number of fused-ring (bicyclic) bond motifs is 1. The molecular formula is C24H23N3O3. The fourth-order valence-electron chi connectivity index (χ4n) is 3.79. The number of imide groups is 1.